The van der Waals surface area contributed by atoms with Gasteiger partial charge in [0.05, 0.1) is 10.6 Å². The van der Waals surface area contributed by atoms with Crippen LogP contribution in [0.4, 0.5) is 0 Å². The van der Waals surface area contributed by atoms with Gasteiger partial charge in [0.15, 0.2) is 0 Å². The van der Waals surface area contributed by atoms with E-state index in [1.165, 1.54) is 17.6 Å². The zero-order valence-corrected chi connectivity index (χ0v) is 12.0. The number of hydrogen-bond donors (Lipinski definition) is 0. The lowest BCUT2D eigenvalue weighted by atomic mass is 10.4. The van der Waals surface area contributed by atoms with Crippen molar-refractivity contribution in [1.29, 1.82) is 0 Å². The van der Waals surface area contributed by atoms with Crippen molar-refractivity contribution in [3.8, 4) is 9.88 Å². The van der Waals surface area contributed by atoms with Crippen molar-refractivity contribution in [2.75, 3.05) is 13.2 Å². The largest absolute Gasteiger partial charge is 0.493 e. The van der Waals surface area contributed by atoms with Gasteiger partial charge in [-0.25, -0.2) is 9.78 Å². The number of ether oxygens (including phenoxy) is 3. The van der Waals surface area contributed by atoms with Crippen LogP contribution in [0.5, 0.6) is 0 Å². The van der Waals surface area contributed by atoms with Gasteiger partial charge in [-0.1, -0.05) is 6.07 Å². The molecule has 0 unspecified atom stereocenters. The molecular formula is C13H11NO4S2. The first-order valence-electron chi connectivity index (χ1n) is 5.93. The number of thiophene rings is 1. The van der Waals surface area contributed by atoms with Crippen LogP contribution in [0.2, 0.25) is 0 Å². The molecule has 0 saturated carbocycles. The Bertz CT molecular complexity index is 618. The van der Waals surface area contributed by atoms with Crippen molar-refractivity contribution in [2.24, 2.45) is 0 Å². The second kappa shape index (κ2) is 6.06. The van der Waals surface area contributed by atoms with Gasteiger partial charge in [-0.2, -0.15) is 0 Å². The van der Waals surface area contributed by atoms with Crippen LogP contribution in [-0.4, -0.2) is 24.2 Å². The minimum Gasteiger partial charge on any atom is -0.493 e. The smallest absolute Gasteiger partial charge is 0.377 e. The molecule has 104 valence electrons. The Morgan fingerprint density at radius 2 is 2.35 bits per heavy atom. The Morgan fingerprint density at radius 1 is 1.40 bits per heavy atom. The fourth-order valence-corrected chi connectivity index (χ4v) is 3.19. The molecule has 1 aliphatic rings. The number of nitrogens with zero attached hydrogens (tertiary/aromatic N) is 1. The predicted molar refractivity (Wildman–Crippen MR) is 75.2 cm³/mol. The van der Waals surface area contributed by atoms with Crippen LogP contribution in [-0.2, 0) is 25.6 Å². The summed E-state index contributed by atoms with van der Waals surface area (Å²) < 4.78 is 15.3. The summed E-state index contributed by atoms with van der Waals surface area (Å²) in [5.41, 5.74) is 0.726. The summed E-state index contributed by atoms with van der Waals surface area (Å²) in [7, 11) is 0. The van der Waals surface area contributed by atoms with E-state index >= 15 is 0 Å². The van der Waals surface area contributed by atoms with Crippen LogP contribution in [0.3, 0.4) is 0 Å². The number of carbonyl (C=O) groups is 1. The van der Waals surface area contributed by atoms with E-state index in [0.717, 1.165) is 15.6 Å². The summed E-state index contributed by atoms with van der Waals surface area (Å²) >= 11 is 3.16. The first-order valence-corrected chi connectivity index (χ1v) is 7.69. The minimum absolute atomic E-state index is 0.102. The standard InChI is InChI=1S/C13H11NO4S2/c15-13(10-7-16-3-4-17-10)18-6-9-8-20-12(14-9)11-2-1-5-19-11/h1-2,5,7-8H,3-4,6H2. The predicted octanol–water partition coefficient (Wildman–Crippen LogP) is 2.80. The van der Waals surface area contributed by atoms with Gasteiger partial charge in [0.25, 0.3) is 0 Å². The van der Waals surface area contributed by atoms with Crippen LogP contribution in [0, 0.1) is 0 Å². The van der Waals surface area contributed by atoms with Crippen LogP contribution >= 0.6 is 22.7 Å². The molecule has 0 aliphatic carbocycles. The van der Waals surface area contributed by atoms with E-state index in [-0.39, 0.29) is 12.4 Å². The van der Waals surface area contributed by atoms with Gasteiger partial charge >= 0.3 is 5.97 Å². The molecular weight excluding hydrogens is 298 g/mol. The summed E-state index contributed by atoms with van der Waals surface area (Å²) in [6, 6.07) is 3.99. The number of esters is 1. The molecule has 1 aliphatic heterocycles. The number of rotatable bonds is 4. The van der Waals surface area contributed by atoms with E-state index in [9.17, 15) is 4.79 Å². The molecule has 0 amide bonds. The summed E-state index contributed by atoms with van der Waals surface area (Å²) in [6.07, 6.45) is 1.28. The molecule has 3 heterocycles. The van der Waals surface area contributed by atoms with Gasteiger partial charge < -0.3 is 14.2 Å². The number of aromatic nitrogens is 1. The van der Waals surface area contributed by atoms with Crippen LogP contribution in [0.25, 0.3) is 9.88 Å². The van der Waals surface area contributed by atoms with Gasteiger partial charge in [0.1, 0.15) is 31.1 Å². The van der Waals surface area contributed by atoms with Crippen LogP contribution < -0.4 is 0 Å². The first-order chi connectivity index (χ1) is 9.83. The fourth-order valence-electron chi connectivity index (χ4n) is 1.57. The summed E-state index contributed by atoms with van der Waals surface area (Å²) in [5.74, 6) is -0.430. The van der Waals surface area contributed by atoms with Crippen molar-refractivity contribution in [1.82, 2.24) is 4.98 Å². The van der Waals surface area contributed by atoms with Gasteiger partial charge in [-0.15, -0.1) is 22.7 Å². The molecule has 0 bridgehead atoms. The molecule has 0 aromatic carbocycles. The lowest BCUT2D eigenvalue weighted by molar-refractivity contribution is -0.146. The average molecular weight is 309 g/mol. The van der Waals surface area contributed by atoms with E-state index in [1.807, 2.05) is 22.9 Å². The Morgan fingerprint density at radius 3 is 3.10 bits per heavy atom. The number of thiazole rings is 1. The first kappa shape index (κ1) is 13.1. The molecule has 20 heavy (non-hydrogen) atoms. The summed E-state index contributed by atoms with van der Waals surface area (Å²) in [6.45, 7) is 0.939. The second-order valence-electron chi connectivity index (χ2n) is 3.90. The Kier molecular flexibility index (Phi) is 3.98. The topological polar surface area (TPSA) is 57.7 Å². The number of hydrogen-bond acceptors (Lipinski definition) is 7. The van der Waals surface area contributed by atoms with Gasteiger partial charge in [-0.3, -0.25) is 0 Å². The Balaban J connectivity index is 1.59. The lowest BCUT2D eigenvalue weighted by Gasteiger charge is -2.13. The Labute approximate surface area is 123 Å². The molecule has 7 heteroatoms. The molecule has 0 spiro atoms. The van der Waals surface area contributed by atoms with Crippen molar-refractivity contribution in [3.05, 3.63) is 40.6 Å². The molecule has 0 atom stereocenters. The van der Waals surface area contributed by atoms with E-state index in [1.54, 1.807) is 11.3 Å². The third-order valence-corrected chi connectivity index (χ3v) is 4.42. The van der Waals surface area contributed by atoms with E-state index < -0.39 is 5.97 Å². The normalized spacial score (nSPS) is 14.1. The molecule has 0 N–H and O–H groups in total. The van der Waals surface area contributed by atoms with Gasteiger partial charge in [0, 0.05) is 5.38 Å². The molecule has 0 radical (unpaired) electrons. The zero-order chi connectivity index (χ0) is 13.8. The SMILES string of the molecule is O=C(OCc1csc(-c2cccs2)n1)C1=COCCO1. The molecule has 0 fully saturated rings. The van der Waals surface area contributed by atoms with Crippen LogP contribution in [0.1, 0.15) is 5.69 Å². The maximum absolute atomic E-state index is 11.7. The monoisotopic (exact) mass is 309 g/mol. The second-order valence-corrected chi connectivity index (χ2v) is 5.70. The highest BCUT2D eigenvalue weighted by Crippen LogP contribution is 2.28. The molecule has 5 nitrogen and oxygen atoms in total. The fraction of sp³-hybridized carbons (Fsp3) is 0.231. The van der Waals surface area contributed by atoms with Gasteiger partial charge in [-0.05, 0) is 11.4 Å². The minimum atomic E-state index is -0.532. The highest BCUT2D eigenvalue weighted by atomic mass is 32.1. The van der Waals surface area contributed by atoms with Crippen LogP contribution in [0.15, 0.2) is 34.9 Å². The highest BCUT2D eigenvalue weighted by molar-refractivity contribution is 7.20. The molecule has 0 saturated heterocycles. The van der Waals surface area contributed by atoms with Gasteiger partial charge in [0.2, 0.25) is 5.76 Å². The van der Waals surface area contributed by atoms with E-state index in [2.05, 4.69) is 4.98 Å². The quantitative estimate of drug-likeness (QED) is 0.813. The van der Waals surface area contributed by atoms with Crippen molar-refractivity contribution >= 4 is 28.6 Å². The van der Waals surface area contributed by atoms with Crippen molar-refractivity contribution < 1.29 is 19.0 Å². The van der Waals surface area contributed by atoms with Crippen molar-refractivity contribution in [2.45, 2.75) is 6.61 Å². The lowest BCUT2D eigenvalue weighted by Crippen LogP contribution is -2.17. The number of carbonyl (C=O) groups excluding carboxylic acids is 1. The maximum Gasteiger partial charge on any atom is 0.377 e. The van der Waals surface area contributed by atoms with E-state index in [0.29, 0.717) is 13.2 Å². The average Bonchev–Trinajstić information content (AvgIpc) is 3.16. The molecule has 2 aromatic heterocycles. The third kappa shape index (κ3) is 3.00. The Hall–Kier alpha value is -1.86. The summed E-state index contributed by atoms with van der Waals surface area (Å²) in [4.78, 5) is 17.2. The summed E-state index contributed by atoms with van der Waals surface area (Å²) in [5, 5.41) is 4.82. The third-order valence-electron chi connectivity index (χ3n) is 2.49. The molecule has 2 aromatic rings. The van der Waals surface area contributed by atoms with Crippen molar-refractivity contribution in [3.63, 3.8) is 0 Å². The molecule has 3 rings (SSSR count). The maximum atomic E-state index is 11.7. The van der Waals surface area contributed by atoms with E-state index in [4.69, 9.17) is 14.2 Å². The zero-order valence-electron chi connectivity index (χ0n) is 10.4. The highest BCUT2D eigenvalue weighted by Gasteiger charge is 2.17.